The zero-order valence-corrected chi connectivity index (χ0v) is 16.6. The second-order valence-corrected chi connectivity index (χ2v) is 7.56. The van der Waals surface area contributed by atoms with Crippen molar-refractivity contribution < 1.29 is 14.2 Å². The molecule has 0 aliphatic carbocycles. The standard InChI is InChI=1S/C19H24FN7O2/c1-19(2,28)17-15(29-3)8-16-23-10-14(27(16)26-17)12-5-7-22-18(24-12)25-13-9-21-6-4-11(13)20/h5,7-8,10-11,13,21,28H,4,6,9H2,1-3H3,(H,22,24,25)/t11-,13-/m0/s1. The van der Waals surface area contributed by atoms with Gasteiger partial charge >= 0.3 is 0 Å². The number of imidazole rings is 1. The third kappa shape index (κ3) is 3.85. The Morgan fingerprint density at radius 1 is 1.38 bits per heavy atom. The molecule has 0 spiro atoms. The largest absolute Gasteiger partial charge is 0.495 e. The molecule has 0 radical (unpaired) electrons. The molecule has 4 rings (SSSR count). The maximum absolute atomic E-state index is 14.1. The number of nitrogens with zero attached hydrogens (tertiary/aromatic N) is 5. The fourth-order valence-electron chi connectivity index (χ4n) is 3.36. The molecule has 3 N–H and O–H groups in total. The molecule has 10 heteroatoms. The Balaban J connectivity index is 1.71. The molecule has 4 heterocycles. The van der Waals surface area contributed by atoms with E-state index in [0.717, 1.165) is 0 Å². The molecule has 2 atom stereocenters. The minimum atomic E-state index is -1.20. The molecule has 29 heavy (non-hydrogen) atoms. The van der Waals surface area contributed by atoms with Gasteiger partial charge in [0.2, 0.25) is 5.95 Å². The number of ether oxygens (including phenoxy) is 1. The monoisotopic (exact) mass is 401 g/mol. The van der Waals surface area contributed by atoms with Crippen LogP contribution >= 0.6 is 0 Å². The molecule has 1 saturated heterocycles. The van der Waals surface area contributed by atoms with Crippen molar-refractivity contribution in [1.29, 1.82) is 0 Å². The first kappa shape index (κ1) is 19.5. The molecule has 1 aliphatic rings. The summed E-state index contributed by atoms with van der Waals surface area (Å²) in [5, 5.41) is 21.2. The number of aromatic nitrogens is 5. The lowest BCUT2D eigenvalue weighted by Crippen LogP contribution is -2.46. The van der Waals surface area contributed by atoms with Gasteiger partial charge in [-0.25, -0.2) is 23.9 Å². The smallest absolute Gasteiger partial charge is 0.223 e. The van der Waals surface area contributed by atoms with Gasteiger partial charge in [0, 0.05) is 18.8 Å². The number of piperidine rings is 1. The lowest BCUT2D eigenvalue weighted by molar-refractivity contribution is 0.0694. The minimum absolute atomic E-state index is 0.338. The second-order valence-electron chi connectivity index (χ2n) is 7.56. The van der Waals surface area contributed by atoms with E-state index in [1.807, 2.05) is 0 Å². The number of halogens is 1. The number of nitrogens with one attached hydrogen (secondary N) is 2. The molecule has 1 aliphatic heterocycles. The van der Waals surface area contributed by atoms with Crippen molar-refractivity contribution in [2.75, 3.05) is 25.5 Å². The quantitative estimate of drug-likeness (QED) is 0.591. The van der Waals surface area contributed by atoms with Gasteiger partial charge in [0.05, 0.1) is 25.0 Å². The van der Waals surface area contributed by atoms with E-state index in [2.05, 4.69) is 30.7 Å². The molecule has 0 saturated carbocycles. The van der Waals surface area contributed by atoms with Crippen molar-refractivity contribution in [3.8, 4) is 17.1 Å². The van der Waals surface area contributed by atoms with Gasteiger partial charge in [0.15, 0.2) is 5.65 Å². The van der Waals surface area contributed by atoms with Crippen LogP contribution in [0, 0.1) is 0 Å². The Morgan fingerprint density at radius 3 is 2.93 bits per heavy atom. The predicted octanol–water partition coefficient (Wildman–Crippen LogP) is 1.53. The Bertz CT molecular complexity index is 1020. The van der Waals surface area contributed by atoms with Crippen molar-refractivity contribution in [2.45, 2.75) is 38.1 Å². The summed E-state index contributed by atoms with van der Waals surface area (Å²) in [6.07, 6.45) is 2.74. The van der Waals surface area contributed by atoms with Gasteiger partial charge in [-0.3, -0.25) is 0 Å². The van der Waals surface area contributed by atoms with Crippen molar-refractivity contribution in [1.82, 2.24) is 29.9 Å². The van der Waals surface area contributed by atoms with Crippen LogP contribution in [0.25, 0.3) is 17.0 Å². The average molecular weight is 401 g/mol. The molecule has 0 unspecified atom stereocenters. The van der Waals surface area contributed by atoms with Crippen LogP contribution in [0.5, 0.6) is 5.75 Å². The van der Waals surface area contributed by atoms with E-state index in [4.69, 9.17) is 4.74 Å². The Kier molecular flexibility index (Phi) is 5.05. The van der Waals surface area contributed by atoms with Crippen LogP contribution in [0.2, 0.25) is 0 Å². The average Bonchev–Trinajstić information content (AvgIpc) is 3.11. The molecule has 1 fully saturated rings. The fraction of sp³-hybridized carbons (Fsp3) is 0.474. The van der Waals surface area contributed by atoms with Crippen LogP contribution in [-0.2, 0) is 5.60 Å². The summed E-state index contributed by atoms with van der Waals surface area (Å²) >= 11 is 0. The SMILES string of the molecule is COc1cc2ncc(-c3ccnc(N[C@H]4CNCC[C@@H]4F)n3)n2nc1C(C)(C)O. The zero-order valence-electron chi connectivity index (χ0n) is 16.6. The number of aliphatic hydroxyl groups is 1. The number of anilines is 1. The van der Waals surface area contributed by atoms with E-state index in [9.17, 15) is 9.50 Å². The number of hydrogen-bond donors (Lipinski definition) is 3. The molecule has 154 valence electrons. The molecule has 3 aromatic heterocycles. The summed E-state index contributed by atoms with van der Waals surface area (Å²) in [4.78, 5) is 13.1. The summed E-state index contributed by atoms with van der Waals surface area (Å²) in [7, 11) is 1.52. The van der Waals surface area contributed by atoms with Gasteiger partial charge < -0.3 is 20.5 Å². The summed E-state index contributed by atoms with van der Waals surface area (Å²) in [5.41, 5.74) is 0.931. The summed E-state index contributed by atoms with van der Waals surface area (Å²) in [5.74, 6) is 0.788. The Morgan fingerprint density at radius 2 is 2.21 bits per heavy atom. The maximum atomic E-state index is 14.1. The van der Waals surface area contributed by atoms with Gasteiger partial charge in [0.25, 0.3) is 0 Å². The van der Waals surface area contributed by atoms with Crippen LogP contribution in [0.15, 0.2) is 24.5 Å². The van der Waals surface area contributed by atoms with Crippen LogP contribution in [0.1, 0.15) is 26.0 Å². The van der Waals surface area contributed by atoms with E-state index < -0.39 is 11.8 Å². The molecule has 0 bridgehead atoms. The van der Waals surface area contributed by atoms with E-state index >= 15 is 0 Å². The number of fused-ring (bicyclic) bond motifs is 1. The summed E-state index contributed by atoms with van der Waals surface area (Å²) < 4.78 is 21.1. The third-order valence-corrected chi connectivity index (χ3v) is 4.89. The number of methoxy groups -OCH3 is 1. The molecule has 0 aromatic carbocycles. The van der Waals surface area contributed by atoms with Gasteiger partial charge in [-0.1, -0.05) is 0 Å². The number of hydrogen-bond acceptors (Lipinski definition) is 8. The molecular weight excluding hydrogens is 377 g/mol. The summed E-state index contributed by atoms with van der Waals surface area (Å²) in [6.45, 7) is 4.46. The van der Waals surface area contributed by atoms with Crippen LogP contribution in [0.3, 0.4) is 0 Å². The molecule has 9 nitrogen and oxygen atoms in total. The Labute approximate surface area is 167 Å². The van der Waals surface area contributed by atoms with Gasteiger partial charge in [0.1, 0.15) is 28.9 Å². The van der Waals surface area contributed by atoms with Crippen LogP contribution in [0.4, 0.5) is 10.3 Å². The van der Waals surface area contributed by atoms with Crippen LogP contribution < -0.4 is 15.4 Å². The van der Waals surface area contributed by atoms with Crippen molar-refractivity contribution >= 4 is 11.6 Å². The lowest BCUT2D eigenvalue weighted by atomic mass is 10.0. The van der Waals surface area contributed by atoms with Gasteiger partial charge in [-0.2, -0.15) is 5.10 Å². The normalized spacial score (nSPS) is 20.0. The maximum Gasteiger partial charge on any atom is 0.223 e. The number of alkyl halides is 1. The second kappa shape index (κ2) is 7.53. The highest BCUT2D eigenvalue weighted by Crippen LogP contribution is 2.30. The van der Waals surface area contributed by atoms with Gasteiger partial charge in [-0.05, 0) is 32.9 Å². The van der Waals surface area contributed by atoms with Crippen molar-refractivity contribution in [3.05, 3.63) is 30.2 Å². The Hall–Kier alpha value is -2.85. The van der Waals surface area contributed by atoms with Gasteiger partial charge in [-0.15, -0.1) is 0 Å². The first-order valence-corrected chi connectivity index (χ1v) is 9.47. The van der Waals surface area contributed by atoms with E-state index in [-0.39, 0.29) is 6.04 Å². The van der Waals surface area contributed by atoms with Crippen molar-refractivity contribution in [3.63, 3.8) is 0 Å². The molecular formula is C19H24FN7O2. The molecule has 3 aromatic rings. The topological polar surface area (TPSA) is 109 Å². The molecule has 0 amide bonds. The van der Waals surface area contributed by atoms with E-state index in [1.165, 1.54) is 7.11 Å². The third-order valence-electron chi connectivity index (χ3n) is 4.89. The first-order chi connectivity index (χ1) is 13.9. The van der Waals surface area contributed by atoms with E-state index in [0.29, 0.717) is 53.9 Å². The highest BCUT2D eigenvalue weighted by molar-refractivity contribution is 5.61. The first-order valence-electron chi connectivity index (χ1n) is 9.47. The highest BCUT2D eigenvalue weighted by atomic mass is 19.1. The predicted molar refractivity (Wildman–Crippen MR) is 106 cm³/mol. The summed E-state index contributed by atoms with van der Waals surface area (Å²) in [6, 6.07) is 3.06. The number of rotatable bonds is 5. The van der Waals surface area contributed by atoms with Crippen molar-refractivity contribution in [2.24, 2.45) is 0 Å². The van der Waals surface area contributed by atoms with E-state index in [1.54, 1.807) is 42.9 Å². The highest BCUT2D eigenvalue weighted by Gasteiger charge is 2.27. The fourth-order valence-corrected chi connectivity index (χ4v) is 3.36. The lowest BCUT2D eigenvalue weighted by Gasteiger charge is -2.27. The zero-order chi connectivity index (χ0) is 20.6. The van der Waals surface area contributed by atoms with Crippen LogP contribution in [-0.4, -0.2) is 62.1 Å². The minimum Gasteiger partial charge on any atom is -0.495 e.